The number of hydrogen-bond acceptors (Lipinski definition) is 5. The van der Waals surface area contributed by atoms with E-state index in [1.54, 1.807) is 18.3 Å². The predicted octanol–water partition coefficient (Wildman–Crippen LogP) is 3.28. The van der Waals surface area contributed by atoms with E-state index in [-0.39, 0.29) is 12.0 Å². The number of nitrogens with one attached hydrogen (secondary N) is 1. The van der Waals surface area contributed by atoms with Gasteiger partial charge in [0.1, 0.15) is 5.69 Å². The van der Waals surface area contributed by atoms with Gasteiger partial charge in [0.15, 0.2) is 0 Å². The smallest absolute Gasteiger partial charge is 0.231 e. The van der Waals surface area contributed by atoms with Crippen molar-refractivity contribution in [2.24, 2.45) is 0 Å². The molecule has 2 aromatic heterocycles. The maximum Gasteiger partial charge on any atom is 0.231 e. The first-order valence-electron chi connectivity index (χ1n) is 6.84. The highest BCUT2D eigenvalue weighted by atomic mass is 35.5. The molecule has 2 unspecified atom stereocenters. The lowest BCUT2D eigenvalue weighted by atomic mass is 9.98. The highest BCUT2D eigenvalue weighted by molar-refractivity contribution is 6.30. The molecule has 6 heteroatoms. The van der Waals surface area contributed by atoms with Crippen molar-refractivity contribution in [3.63, 3.8) is 0 Å². The number of nitrogens with zero attached hydrogens (tertiary/aromatic N) is 3. The van der Waals surface area contributed by atoms with E-state index in [1.165, 1.54) is 0 Å². The molecule has 2 aromatic rings. The summed E-state index contributed by atoms with van der Waals surface area (Å²) in [7, 11) is 0. The van der Waals surface area contributed by atoms with Crippen molar-refractivity contribution in [3.05, 3.63) is 29.2 Å². The largest absolute Gasteiger partial charge is 0.339 e. The Labute approximate surface area is 123 Å². The normalized spacial score (nSPS) is 14.2. The Balaban J connectivity index is 2.20. The highest BCUT2D eigenvalue weighted by Crippen LogP contribution is 2.24. The molecule has 0 aliphatic rings. The quantitative estimate of drug-likeness (QED) is 0.886. The third kappa shape index (κ3) is 3.35. The summed E-state index contributed by atoms with van der Waals surface area (Å²) in [4.78, 5) is 8.66. The summed E-state index contributed by atoms with van der Waals surface area (Å²) in [5.41, 5.74) is 0.662. The van der Waals surface area contributed by atoms with Crippen LogP contribution in [-0.2, 0) is 0 Å². The molecule has 108 valence electrons. The fourth-order valence-corrected chi connectivity index (χ4v) is 2.32. The van der Waals surface area contributed by atoms with Crippen molar-refractivity contribution in [1.82, 2.24) is 20.4 Å². The van der Waals surface area contributed by atoms with Crippen molar-refractivity contribution in [2.75, 3.05) is 6.54 Å². The summed E-state index contributed by atoms with van der Waals surface area (Å²) in [6, 6.07) is 3.83. The van der Waals surface area contributed by atoms with Crippen molar-refractivity contribution in [2.45, 2.75) is 39.2 Å². The van der Waals surface area contributed by atoms with Crippen LogP contribution in [0, 0.1) is 0 Å². The van der Waals surface area contributed by atoms with Crippen LogP contribution in [0.15, 0.2) is 22.9 Å². The molecule has 2 heterocycles. The van der Waals surface area contributed by atoms with Crippen molar-refractivity contribution in [1.29, 1.82) is 0 Å². The standard InChI is InChI=1S/C14H19ClN4O/c1-4-11(9(3)16-5-2)14-18-13(19-20-14)12-7-6-10(15)8-17-12/h6-9,11,16H,4-5H2,1-3H3. The Hall–Kier alpha value is -1.46. The second kappa shape index (κ2) is 6.81. The van der Waals surface area contributed by atoms with Crippen LogP contribution in [0.25, 0.3) is 11.5 Å². The molecule has 0 aliphatic carbocycles. The van der Waals surface area contributed by atoms with Gasteiger partial charge in [-0.3, -0.25) is 4.98 Å². The maximum atomic E-state index is 5.82. The number of pyridine rings is 1. The van der Waals surface area contributed by atoms with E-state index in [9.17, 15) is 0 Å². The highest BCUT2D eigenvalue weighted by Gasteiger charge is 2.23. The molecule has 0 spiro atoms. The molecule has 5 nitrogen and oxygen atoms in total. The lowest BCUT2D eigenvalue weighted by Gasteiger charge is -2.19. The molecule has 2 atom stereocenters. The van der Waals surface area contributed by atoms with Gasteiger partial charge >= 0.3 is 0 Å². The van der Waals surface area contributed by atoms with Gasteiger partial charge in [-0.25, -0.2) is 0 Å². The van der Waals surface area contributed by atoms with Crippen LogP contribution in [-0.4, -0.2) is 27.7 Å². The average Bonchev–Trinajstić information content (AvgIpc) is 2.90. The van der Waals surface area contributed by atoms with Gasteiger partial charge in [-0.1, -0.05) is 30.6 Å². The van der Waals surface area contributed by atoms with Crippen molar-refractivity contribution in [3.8, 4) is 11.5 Å². The second-order valence-corrected chi connectivity index (χ2v) is 5.12. The average molecular weight is 295 g/mol. The van der Waals surface area contributed by atoms with Crippen LogP contribution < -0.4 is 5.32 Å². The Morgan fingerprint density at radius 3 is 2.75 bits per heavy atom. The summed E-state index contributed by atoms with van der Waals surface area (Å²) in [6.45, 7) is 7.24. The molecule has 2 rings (SSSR count). The van der Waals surface area contributed by atoms with Crippen LogP contribution in [0.4, 0.5) is 0 Å². The molecule has 0 amide bonds. The molecule has 20 heavy (non-hydrogen) atoms. The van der Waals surface area contributed by atoms with E-state index in [0.29, 0.717) is 22.4 Å². The summed E-state index contributed by atoms with van der Waals surface area (Å²) in [5, 5.41) is 7.99. The lowest BCUT2D eigenvalue weighted by Crippen LogP contribution is -2.31. The van der Waals surface area contributed by atoms with E-state index in [4.69, 9.17) is 16.1 Å². The van der Waals surface area contributed by atoms with Crippen LogP contribution in [0.1, 0.15) is 39.0 Å². The Kier molecular flexibility index (Phi) is 5.09. The summed E-state index contributed by atoms with van der Waals surface area (Å²) < 4.78 is 5.40. The van der Waals surface area contributed by atoms with Crippen molar-refractivity contribution < 1.29 is 4.52 Å². The topological polar surface area (TPSA) is 63.8 Å². The number of halogens is 1. The monoisotopic (exact) mass is 294 g/mol. The number of hydrogen-bond donors (Lipinski definition) is 1. The zero-order valence-electron chi connectivity index (χ0n) is 11.9. The minimum absolute atomic E-state index is 0.198. The second-order valence-electron chi connectivity index (χ2n) is 4.68. The molecule has 0 fully saturated rings. The third-order valence-electron chi connectivity index (χ3n) is 3.28. The first-order valence-corrected chi connectivity index (χ1v) is 7.22. The molecule has 1 N–H and O–H groups in total. The van der Waals surface area contributed by atoms with Gasteiger partial charge in [0, 0.05) is 12.2 Å². The zero-order valence-corrected chi connectivity index (χ0v) is 12.7. The molecule has 0 bridgehead atoms. The minimum atomic E-state index is 0.198. The van der Waals surface area contributed by atoms with Crippen LogP contribution in [0.5, 0.6) is 0 Å². The fraction of sp³-hybridized carbons (Fsp3) is 0.500. The summed E-state index contributed by atoms with van der Waals surface area (Å²) in [5.74, 6) is 1.34. The van der Waals surface area contributed by atoms with E-state index in [1.807, 2.05) is 0 Å². The van der Waals surface area contributed by atoms with Crippen LogP contribution in [0.3, 0.4) is 0 Å². The zero-order chi connectivity index (χ0) is 14.5. The first-order chi connectivity index (χ1) is 9.65. The minimum Gasteiger partial charge on any atom is -0.339 e. The Bertz CT molecular complexity index is 540. The molecule has 0 saturated carbocycles. The number of rotatable bonds is 6. The van der Waals surface area contributed by atoms with Gasteiger partial charge in [0.25, 0.3) is 0 Å². The van der Waals surface area contributed by atoms with Gasteiger partial charge in [-0.05, 0) is 32.0 Å². The fourth-order valence-electron chi connectivity index (χ4n) is 2.20. The van der Waals surface area contributed by atoms with Gasteiger partial charge in [0.05, 0.1) is 10.9 Å². The molecular weight excluding hydrogens is 276 g/mol. The maximum absolute atomic E-state index is 5.82. The van der Waals surface area contributed by atoms with Gasteiger partial charge < -0.3 is 9.84 Å². The van der Waals surface area contributed by atoms with E-state index in [0.717, 1.165) is 13.0 Å². The molecule has 0 saturated heterocycles. The van der Waals surface area contributed by atoms with Crippen LogP contribution >= 0.6 is 11.6 Å². The van der Waals surface area contributed by atoms with Crippen molar-refractivity contribution >= 4 is 11.6 Å². The summed E-state index contributed by atoms with van der Waals surface area (Å²) >= 11 is 5.82. The van der Waals surface area contributed by atoms with E-state index in [2.05, 4.69) is 41.2 Å². The van der Waals surface area contributed by atoms with Gasteiger partial charge in [-0.2, -0.15) is 4.98 Å². The predicted molar refractivity (Wildman–Crippen MR) is 78.7 cm³/mol. The molecule has 0 aliphatic heterocycles. The number of aromatic nitrogens is 3. The molecular formula is C14H19ClN4O. The van der Waals surface area contributed by atoms with E-state index >= 15 is 0 Å². The third-order valence-corrected chi connectivity index (χ3v) is 3.51. The Morgan fingerprint density at radius 1 is 1.35 bits per heavy atom. The first kappa shape index (κ1) is 14.9. The molecule has 0 radical (unpaired) electrons. The van der Waals surface area contributed by atoms with Gasteiger partial charge in [0.2, 0.25) is 11.7 Å². The number of likely N-dealkylation sites (N-methyl/N-ethyl adjacent to an activating group) is 1. The van der Waals surface area contributed by atoms with E-state index < -0.39 is 0 Å². The lowest BCUT2D eigenvalue weighted by molar-refractivity contribution is 0.318. The SMILES string of the molecule is CCNC(C)C(CC)c1nc(-c2ccc(Cl)cn2)no1. The molecule has 0 aromatic carbocycles. The summed E-state index contributed by atoms with van der Waals surface area (Å²) in [6.07, 6.45) is 2.51. The van der Waals surface area contributed by atoms with Gasteiger partial charge in [-0.15, -0.1) is 0 Å². The Morgan fingerprint density at radius 2 is 2.15 bits per heavy atom. The van der Waals surface area contributed by atoms with Crippen LogP contribution in [0.2, 0.25) is 5.02 Å².